The summed E-state index contributed by atoms with van der Waals surface area (Å²) in [4.78, 5) is 31.0. The minimum absolute atomic E-state index is 0.0231. The Bertz CT molecular complexity index is 1310. The molecule has 2 amide bonds. The smallest absolute Gasteiger partial charge is 0.247 e. The molecule has 0 bridgehead atoms. The molecule has 4 rings (SSSR count). The highest BCUT2D eigenvalue weighted by atomic mass is 32.2. The molecule has 2 N–H and O–H groups in total. The molecule has 1 aromatic heterocycles. The highest BCUT2D eigenvalue weighted by Crippen LogP contribution is 2.40. The van der Waals surface area contributed by atoms with E-state index in [2.05, 4.69) is 11.1 Å². The van der Waals surface area contributed by atoms with Crippen molar-refractivity contribution in [2.75, 3.05) is 10.6 Å². The minimum Gasteiger partial charge on any atom is -0.383 e. The molecule has 156 valence electrons. The van der Waals surface area contributed by atoms with Crippen molar-refractivity contribution in [1.29, 1.82) is 10.5 Å². The first kappa shape index (κ1) is 21.1. The van der Waals surface area contributed by atoms with Gasteiger partial charge in [0.25, 0.3) is 0 Å². The Morgan fingerprint density at radius 2 is 1.69 bits per heavy atom. The number of imide groups is 1. The lowest BCUT2D eigenvalue weighted by atomic mass is 9.96. The van der Waals surface area contributed by atoms with E-state index in [0.717, 1.165) is 22.2 Å². The average Bonchev–Trinajstić information content (AvgIpc) is 3.07. The summed E-state index contributed by atoms with van der Waals surface area (Å²) in [6.45, 7) is 1.93. The van der Waals surface area contributed by atoms with E-state index in [-0.39, 0.29) is 40.2 Å². The Morgan fingerprint density at radius 1 is 1.03 bits per heavy atom. The summed E-state index contributed by atoms with van der Waals surface area (Å²) in [7, 11) is 0. The summed E-state index contributed by atoms with van der Waals surface area (Å²) >= 11 is 1.02. The summed E-state index contributed by atoms with van der Waals surface area (Å²) in [5.41, 5.74) is 8.88. The number of thioether (sulfide) groups is 1. The van der Waals surface area contributed by atoms with Crippen molar-refractivity contribution in [3.8, 4) is 23.3 Å². The molecule has 1 atom stereocenters. The molecule has 32 heavy (non-hydrogen) atoms. The quantitative estimate of drug-likeness (QED) is 0.613. The first-order chi connectivity index (χ1) is 15.4. The Balaban J connectivity index is 1.76. The number of hydrogen-bond donors (Lipinski definition) is 1. The number of para-hydroxylation sites is 1. The number of nitriles is 2. The molecule has 7 nitrogen and oxygen atoms in total. The second kappa shape index (κ2) is 8.54. The number of nitrogens with two attached hydrogens (primary N) is 1. The number of anilines is 2. The fraction of sp³-hybridized carbons (Fsp3) is 0.125. The largest absolute Gasteiger partial charge is 0.383 e. The van der Waals surface area contributed by atoms with Crippen LogP contribution >= 0.6 is 11.8 Å². The number of benzene rings is 2. The molecule has 1 fully saturated rings. The normalized spacial score (nSPS) is 15.5. The maximum absolute atomic E-state index is 13.0. The Hall–Kier alpha value is -4.14. The predicted octanol–water partition coefficient (Wildman–Crippen LogP) is 3.81. The number of carbonyl (C=O) groups is 2. The average molecular weight is 440 g/mol. The first-order valence-corrected chi connectivity index (χ1v) is 10.6. The van der Waals surface area contributed by atoms with Crippen LogP contribution in [-0.2, 0) is 9.59 Å². The van der Waals surface area contributed by atoms with E-state index in [0.29, 0.717) is 16.8 Å². The Morgan fingerprint density at radius 3 is 2.31 bits per heavy atom. The second-order valence-electron chi connectivity index (χ2n) is 7.23. The van der Waals surface area contributed by atoms with Gasteiger partial charge in [-0.05, 0) is 24.6 Å². The van der Waals surface area contributed by atoms with Crippen LogP contribution in [0.3, 0.4) is 0 Å². The van der Waals surface area contributed by atoms with Crippen LogP contribution in [0.1, 0.15) is 23.1 Å². The lowest BCUT2D eigenvalue weighted by Gasteiger charge is -2.16. The van der Waals surface area contributed by atoms with Gasteiger partial charge in [-0.1, -0.05) is 59.8 Å². The van der Waals surface area contributed by atoms with Crippen LogP contribution in [0.15, 0.2) is 59.6 Å². The predicted molar refractivity (Wildman–Crippen MR) is 121 cm³/mol. The van der Waals surface area contributed by atoms with E-state index in [1.807, 2.05) is 37.3 Å². The van der Waals surface area contributed by atoms with Crippen molar-refractivity contribution in [2.45, 2.75) is 23.6 Å². The molecule has 1 saturated heterocycles. The topological polar surface area (TPSA) is 124 Å². The van der Waals surface area contributed by atoms with Crippen LogP contribution in [0.4, 0.5) is 11.5 Å². The van der Waals surface area contributed by atoms with Crippen molar-refractivity contribution < 1.29 is 9.59 Å². The van der Waals surface area contributed by atoms with E-state index in [9.17, 15) is 20.1 Å². The van der Waals surface area contributed by atoms with E-state index in [4.69, 9.17) is 5.73 Å². The SMILES string of the molecule is Cc1ccc(-c2c(C#N)c(N)nc(SC3CC(=O)N(c4ccccc4)C3=O)c2C#N)cc1. The molecule has 0 aliphatic carbocycles. The van der Waals surface area contributed by atoms with Gasteiger partial charge in [-0.15, -0.1) is 0 Å². The number of amides is 2. The highest BCUT2D eigenvalue weighted by molar-refractivity contribution is 8.00. The van der Waals surface area contributed by atoms with Crippen molar-refractivity contribution in [3.63, 3.8) is 0 Å². The van der Waals surface area contributed by atoms with Gasteiger partial charge in [0.15, 0.2) is 0 Å². The van der Waals surface area contributed by atoms with Crippen molar-refractivity contribution in [3.05, 3.63) is 71.3 Å². The van der Waals surface area contributed by atoms with Gasteiger partial charge in [-0.2, -0.15) is 10.5 Å². The van der Waals surface area contributed by atoms with Crippen LogP contribution in [-0.4, -0.2) is 22.0 Å². The van der Waals surface area contributed by atoms with Crippen LogP contribution in [0.5, 0.6) is 0 Å². The van der Waals surface area contributed by atoms with Crippen LogP contribution < -0.4 is 10.6 Å². The second-order valence-corrected chi connectivity index (χ2v) is 8.42. The molecule has 2 aromatic carbocycles. The number of nitrogens with zero attached hydrogens (tertiary/aromatic N) is 4. The molecule has 0 saturated carbocycles. The van der Waals surface area contributed by atoms with Gasteiger partial charge in [0, 0.05) is 12.0 Å². The summed E-state index contributed by atoms with van der Waals surface area (Å²) in [5.74, 6) is -0.726. The van der Waals surface area contributed by atoms with Gasteiger partial charge in [0.1, 0.15) is 28.5 Å². The Kier molecular flexibility index (Phi) is 5.63. The van der Waals surface area contributed by atoms with Crippen molar-refractivity contribution in [1.82, 2.24) is 4.98 Å². The maximum atomic E-state index is 13.0. The fourth-order valence-corrected chi connectivity index (χ4v) is 4.69. The van der Waals surface area contributed by atoms with Crippen molar-refractivity contribution >= 4 is 35.1 Å². The molecule has 0 radical (unpaired) electrons. The summed E-state index contributed by atoms with van der Waals surface area (Å²) in [6, 6.07) is 20.2. The monoisotopic (exact) mass is 439 g/mol. The molecule has 1 aliphatic rings. The van der Waals surface area contributed by atoms with Gasteiger partial charge >= 0.3 is 0 Å². The van der Waals surface area contributed by atoms with Gasteiger partial charge in [-0.3, -0.25) is 9.59 Å². The number of pyridine rings is 1. The number of carbonyl (C=O) groups excluding carboxylic acids is 2. The number of hydrogen-bond acceptors (Lipinski definition) is 7. The van der Waals surface area contributed by atoms with Crippen LogP contribution in [0.2, 0.25) is 0 Å². The lowest BCUT2D eigenvalue weighted by Crippen LogP contribution is -2.31. The van der Waals surface area contributed by atoms with Gasteiger partial charge < -0.3 is 5.73 Å². The van der Waals surface area contributed by atoms with E-state index >= 15 is 0 Å². The molecule has 8 heteroatoms. The fourth-order valence-electron chi connectivity index (χ4n) is 3.57. The zero-order valence-electron chi connectivity index (χ0n) is 17.1. The van der Waals surface area contributed by atoms with Crippen LogP contribution in [0, 0.1) is 29.6 Å². The molecule has 1 unspecified atom stereocenters. The Labute approximate surface area is 189 Å². The lowest BCUT2D eigenvalue weighted by molar-refractivity contribution is -0.121. The van der Waals surface area contributed by atoms with E-state index in [1.54, 1.807) is 30.3 Å². The maximum Gasteiger partial charge on any atom is 0.247 e. The third-order valence-electron chi connectivity index (χ3n) is 5.13. The number of rotatable bonds is 4. The highest BCUT2D eigenvalue weighted by Gasteiger charge is 2.41. The van der Waals surface area contributed by atoms with Gasteiger partial charge in [0.05, 0.1) is 16.5 Å². The zero-order chi connectivity index (χ0) is 22.8. The molecule has 2 heterocycles. The summed E-state index contributed by atoms with van der Waals surface area (Å²) in [5, 5.41) is 19.1. The number of nitrogen functional groups attached to an aromatic ring is 1. The minimum atomic E-state index is -0.750. The van der Waals surface area contributed by atoms with E-state index in [1.165, 1.54) is 0 Å². The van der Waals surface area contributed by atoms with Crippen molar-refractivity contribution in [2.24, 2.45) is 0 Å². The number of aromatic nitrogens is 1. The van der Waals surface area contributed by atoms with Gasteiger partial charge in [0.2, 0.25) is 11.8 Å². The third-order valence-corrected chi connectivity index (χ3v) is 6.30. The first-order valence-electron chi connectivity index (χ1n) is 9.73. The number of aryl methyl sites for hydroxylation is 1. The molecule has 1 aliphatic heterocycles. The molecular formula is C24H17N5O2S. The summed E-state index contributed by atoms with van der Waals surface area (Å²) in [6.07, 6.45) is -0.0231. The zero-order valence-corrected chi connectivity index (χ0v) is 17.9. The third kappa shape index (κ3) is 3.68. The van der Waals surface area contributed by atoms with E-state index < -0.39 is 5.25 Å². The van der Waals surface area contributed by atoms with Crippen LogP contribution in [0.25, 0.3) is 11.1 Å². The molecular weight excluding hydrogens is 422 g/mol. The summed E-state index contributed by atoms with van der Waals surface area (Å²) < 4.78 is 0. The van der Waals surface area contributed by atoms with Gasteiger partial charge in [-0.25, -0.2) is 9.88 Å². The molecule has 3 aromatic rings. The standard InChI is InChI=1S/C24H17N5O2S/c1-14-7-9-15(10-8-14)21-17(12-25)22(27)28-23(18(21)13-26)32-19-11-20(30)29(24(19)31)16-5-3-2-4-6-16/h2-10,19H,11H2,1H3,(H2,27,28). The molecule has 0 spiro atoms.